The summed E-state index contributed by atoms with van der Waals surface area (Å²) in [7, 11) is 3.02. The fourth-order valence-electron chi connectivity index (χ4n) is 2.46. The van der Waals surface area contributed by atoms with Gasteiger partial charge in [-0.3, -0.25) is 9.59 Å². The molecule has 2 rings (SSSR count). The molecule has 0 aliphatic heterocycles. The third kappa shape index (κ3) is 4.46. The molecule has 0 aromatic heterocycles. The van der Waals surface area contributed by atoms with Crippen LogP contribution in [0.15, 0.2) is 36.4 Å². The number of benzene rings is 2. The summed E-state index contributed by atoms with van der Waals surface area (Å²) >= 11 is 6.12. The predicted octanol–water partition coefficient (Wildman–Crippen LogP) is 3.48. The van der Waals surface area contributed by atoms with Crippen LogP contribution in [0, 0.1) is 6.92 Å². The van der Waals surface area contributed by atoms with Gasteiger partial charge in [-0.05, 0) is 37.1 Å². The van der Waals surface area contributed by atoms with Crippen molar-refractivity contribution < 1.29 is 19.1 Å². The number of carbonyl (C=O) groups is 2. The van der Waals surface area contributed by atoms with Crippen molar-refractivity contribution in [1.29, 1.82) is 0 Å². The van der Waals surface area contributed by atoms with Crippen LogP contribution >= 0.6 is 11.6 Å². The van der Waals surface area contributed by atoms with E-state index in [2.05, 4.69) is 10.6 Å². The van der Waals surface area contributed by atoms with Crippen molar-refractivity contribution in [2.75, 3.05) is 19.5 Å². The van der Waals surface area contributed by atoms with Gasteiger partial charge in [0.05, 0.1) is 20.3 Å². The van der Waals surface area contributed by atoms with Gasteiger partial charge in [0.2, 0.25) is 0 Å². The normalized spacial score (nSPS) is 11.4. The molecule has 0 bridgehead atoms. The van der Waals surface area contributed by atoms with E-state index in [4.69, 9.17) is 21.1 Å². The average molecular weight is 377 g/mol. The molecule has 0 fully saturated rings. The topological polar surface area (TPSA) is 76.7 Å². The molecule has 2 aromatic carbocycles. The quantitative estimate of drug-likeness (QED) is 0.783. The molecule has 2 aromatic rings. The fourth-order valence-corrected chi connectivity index (χ4v) is 2.76. The zero-order valence-corrected chi connectivity index (χ0v) is 15.8. The van der Waals surface area contributed by atoms with Crippen molar-refractivity contribution in [2.45, 2.75) is 19.9 Å². The molecule has 138 valence electrons. The van der Waals surface area contributed by atoms with Crippen molar-refractivity contribution >= 4 is 29.1 Å². The van der Waals surface area contributed by atoms with Gasteiger partial charge in [-0.15, -0.1) is 0 Å². The van der Waals surface area contributed by atoms with Gasteiger partial charge in [-0.25, -0.2) is 0 Å². The highest BCUT2D eigenvalue weighted by Gasteiger charge is 2.20. The smallest absolute Gasteiger partial charge is 0.313 e. The van der Waals surface area contributed by atoms with Gasteiger partial charge in [0.25, 0.3) is 0 Å². The Balaban J connectivity index is 2.10. The van der Waals surface area contributed by atoms with E-state index in [0.717, 1.165) is 11.1 Å². The number of carbonyl (C=O) groups excluding carboxylic acids is 2. The summed E-state index contributed by atoms with van der Waals surface area (Å²) in [6.07, 6.45) is 0. The van der Waals surface area contributed by atoms with E-state index in [1.54, 1.807) is 44.2 Å². The molecule has 26 heavy (non-hydrogen) atoms. The van der Waals surface area contributed by atoms with Crippen molar-refractivity contribution in [3.63, 3.8) is 0 Å². The fraction of sp³-hybridized carbons (Fsp3) is 0.263. The number of hydrogen-bond acceptors (Lipinski definition) is 4. The van der Waals surface area contributed by atoms with Gasteiger partial charge in [0.1, 0.15) is 0 Å². The maximum Gasteiger partial charge on any atom is 0.313 e. The Morgan fingerprint density at radius 3 is 2.27 bits per heavy atom. The van der Waals surface area contributed by atoms with Gasteiger partial charge < -0.3 is 20.1 Å². The highest BCUT2D eigenvalue weighted by Crippen LogP contribution is 2.32. The molecule has 0 heterocycles. The van der Waals surface area contributed by atoms with E-state index < -0.39 is 17.9 Å². The van der Waals surface area contributed by atoms with Crippen LogP contribution in [0.3, 0.4) is 0 Å². The van der Waals surface area contributed by atoms with Crippen molar-refractivity contribution in [3.8, 4) is 11.5 Å². The molecule has 7 heteroatoms. The second kappa shape index (κ2) is 8.58. The lowest BCUT2D eigenvalue weighted by Crippen LogP contribution is -2.37. The largest absolute Gasteiger partial charge is 0.493 e. The van der Waals surface area contributed by atoms with Crippen LogP contribution in [0.25, 0.3) is 0 Å². The van der Waals surface area contributed by atoms with E-state index in [1.807, 2.05) is 6.07 Å². The molecule has 0 spiro atoms. The summed E-state index contributed by atoms with van der Waals surface area (Å²) in [4.78, 5) is 24.5. The zero-order chi connectivity index (χ0) is 19.3. The number of methoxy groups -OCH3 is 2. The van der Waals surface area contributed by atoms with Crippen LogP contribution in [-0.2, 0) is 9.59 Å². The van der Waals surface area contributed by atoms with Crippen LogP contribution in [0.5, 0.6) is 11.5 Å². The first-order chi connectivity index (χ1) is 12.4. The Morgan fingerprint density at radius 2 is 1.65 bits per heavy atom. The number of nitrogens with one attached hydrogen (secondary N) is 2. The number of halogens is 1. The average Bonchev–Trinajstić information content (AvgIpc) is 2.63. The van der Waals surface area contributed by atoms with E-state index in [-0.39, 0.29) is 0 Å². The second-order valence-corrected chi connectivity index (χ2v) is 6.10. The Labute approximate surface area is 157 Å². The van der Waals surface area contributed by atoms with Crippen LogP contribution in [-0.4, -0.2) is 26.0 Å². The first-order valence-electron chi connectivity index (χ1n) is 7.96. The van der Waals surface area contributed by atoms with Crippen LogP contribution in [0.1, 0.15) is 24.1 Å². The Hall–Kier alpha value is -2.73. The molecule has 1 unspecified atom stereocenters. The summed E-state index contributed by atoms with van der Waals surface area (Å²) in [6.45, 7) is 3.55. The standard InChI is InChI=1S/C19H21ClN2O4/c1-11-9-16(25-3)17(26-4)10-15(11)22-19(24)18(23)21-12(2)13-7-5-6-8-14(13)20/h5-10,12H,1-4H3,(H,21,23)(H,22,24). The minimum absolute atomic E-state index is 0.409. The molecular weight excluding hydrogens is 356 g/mol. The van der Waals surface area contributed by atoms with E-state index in [1.165, 1.54) is 14.2 Å². The van der Waals surface area contributed by atoms with Crippen molar-refractivity contribution in [2.24, 2.45) is 0 Å². The third-order valence-electron chi connectivity index (χ3n) is 3.90. The maximum absolute atomic E-state index is 12.2. The number of ether oxygens (including phenoxy) is 2. The summed E-state index contributed by atoms with van der Waals surface area (Å²) in [5.74, 6) is -0.538. The zero-order valence-electron chi connectivity index (χ0n) is 15.1. The van der Waals surface area contributed by atoms with E-state index >= 15 is 0 Å². The molecule has 0 saturated carbocycles. The van der Waals surface area contributed by atoms with Crippen LogP contribution in [0.2, 0.25) is 5.02 Å². The molecule has 0 radical (unpaired) electrons. The number of hydrogen-bond donors (Lipinski definition) is 2. The highest BCUT2D eigenvalue weighted by molar-refractivity contribution is 6.39. The van der Waals surface area contributed by atoms with Gasteiger partial charge in [-0.2, -0.15) is 0 Å². The molecule has 0 aliphatic carbocycles. The third-order valence-corrected chi connectivity index (χ3v) is 4.25. The lowest BCUT2D eigenvalue weighted by Gasteiger charge is -2.16. The van der Waals surface area contributed by atoms with E-state index in [9.17, 15) is 9.59 Å². The number of anilines is 1. The van der Waals surface area contributed by atoms with Gasteiger partial charge in [0.15, 0.2) is 11.5 Å². The van der Waals surface area contributed by atoms with Crippen molar-refractivity contribution in [1.82, 2.24) is 5.32 Å². The summed E-state index contributed by atoms with van der Waals surface area (Å²) < 4.78 is 10.4. The Morgan fingerprint density at radius 1 is 1.04 bits per heavy atom. The SMILES string of the molecule is COc1cc(C)c(NC(=O)C(=O)NC(C)c2ccccc2Cl)cc1OC. The van der Waals surface area contributed by atoms with Gasteiger partial charge in [-0.1, -0.05) is 29.8 Å². The van der Waals surface area contributed by atoms with E-state index in [0.29, 0.717) is 22.2 Å². The summed E-state index contributed by atoms with van der Waals surface area (Å²) in [6, 6.07) is 10.1. The first-order valence-corrected chi connectivity index (χ1v) is 8.34. The highest BCUT2D eigenvalue weighted by atomic mass is 35.5. The molecule has 6 nitrogen and oxygen atoms in total. The Kier molecular flexibility index (Phi) is 6.46. The monoisotopic (exact) mass is 376 g/mol. The minimum atomic E-state index is -0.778. The summed E-state index contributed by atoms with van der Waals surface area (Å²) in [5.41, 5.74) is 1.94. The predicted molar refractivity (Wildman–Crippen MR) is 101 cm³/mol. The second-order valence-electron chi connectivity index (χ2n) is 5.69. The van der Waals surface area contributed by atoms with Crippen LogP contribution < -0.4 is 20.1 Å². The molecule has 2 amide bonds. The molecule has 1 atom stereocenters. The number of amides is 2. The number of rotatable bonds is 5. The minimum Gasteiger partial charge on any atom is -0.493 e. The van der Waals surface area contributed by atoms with Gasteiger partial charge >= 0.3 is 11.8 Å². The molecule has 2 N–H and O–H groups in total. The lowest BCUT2D eigenvalue weighted by atomic mass is 10.1. The molecular formula is C19H21ClN2O4. The maximum atomic E-state index is 12.2. The van der Waals surface area contributed by atoms with Crippen LogP contribution in [0.4, 0.5) is 5.69 Å². The molecule has 0 saturated heterocycles. The van der Waals surface area contributed by atoms with Crippen molar-refractivity contribution in [3.05, 3.63) is 52.5 Å². The Bertz CT molecular complexity index is 823. The first kappa shape index (κ1) is 19.6. The molecule has 0 aliphatic rings. The van der Waals surface area contributed by atoms with Gasteiger partial charge in [0, 0.05) is 16.8 Å². The lowest BCUT2D eigenvalue weighted by molar-refractivity contribution is -0.136. The summed E-state index contributed by atoms with van der Waals surface area (Å²) in [5, 5.41) is 5.75. The number of aryl methyl sites for hydroxylation is 1.